The highest BCUT2D eigenvalue weighted by molar-refractivity contribution is 5.46. The Morgan fingerprint density at radius 1 is 1.78 bits per heavy atom. The summed E-state index contributed by atoms with van der Waals surface area (Å²) in [5, 5.41) is 2.55. The molecule has 0 aromatic carbocycles. The molecule has 0 saturated heterocycles. The van der Waals surface area contributed by atoms with E-state index in [2.05, 4.69) is 10.3 Å². The van der Waals surface area contributed by atoms with Gasteiger partial charge in [-0.2, -0.15) is 0 Å². The zero-order valence-electron chi connectivity index (χ0n) is 4.92. The number of carbonyl (C=O) groups excluding carboxylic acids is 1. The van der Waals surface area contributed by atoms with Crippen molar-refractivity contribution in [1.29, 1.82) is 0 Å². The molecule has 0 spiro atoms. The third-order valence-corrected chi connectivity index (χ3v) is 1.05. The Morgan fingerprint density at radius 3 is 3.22 bits per heavy atom. The van der Waals surface area contributed by atoms with Crippen LogP contribution in [0.1, 0.15) is 5.56 Å². The van der Waals surface area contributed by atoms with Crippen LogP contribution < -0.4 is 5.32 Å². The lowest BCUT2D eigenvalue weighted by atomic mass is 10.3. The first kappa shape index (κ1) is 5.88. The predicted octanol–water partition coefficient (Wildman–Crippen LogP) is 0.261. The molecular formula is C6H8N2O. The number of aromatic nitrogens is 1. The Hall–Kier alpha value is -1.25. The van der Waals surface area contributed by atoms with Gasteiger partial charge in [-0.25, -0.2) is 0 Å². The summed E-state index contributed by atoms with van der Waals surface area (Å²) >= 11 is 0. The topological polar surface area (TPSA) is 44.9 Å². The molecule has 3 nitrogen and oxygen atoms in total. The fourth-order valence-electron chi connectivity index (χ4n) is 0.628. The van der Waals surface area contributed by atoms with Gasteiger partial charge in [0.1, 0.15) is 0 Å². The lowest BCUT2D eigenvalue weighted by Crippen LogP contribution is -2.08. The predicted molar refractivity (Wildman–Crippen MR) is 33.7 cm³/mol. The van der Waals surface area contributed by atoms with Gasteiger partial charge in [0, 0.05) is 18.9 Å². The van der Waals surface area contributed by atoms with Gasteiger partial charge in [0.25, 0.3) is 0 Å². The van der Waals surface area contributed by atoms with Crippen LogP contribution in [0.15, 0.2) is 18.5 Å². The van der Waals surface area contributed by atoms with Crippen molar-refractivity contribution in [2.45, 2.75) is 6.54 Å². The van der Waals surface area contributed by atoms with Crippen LogP contribution in [-0.4, -0.2) is 11.4 Å². The van der Waals surface area contributed by atoms with Gasteiger partial charge in [-0.05, 0) is 11.6 Å². The Kier molecular flexibility index (Phi) is 1.90. The van der Waals surface area contributed by atoms with Crippen molar-refractivity contribution in [2.75, 3.05) is 0 Å². The fraction of sp³-hybridized carbons (Fsp3) is 0.167. The molecule has 1 aromatic heterocycles. The number of aromatic amines is 1. The highest BCUT2D eigenvalue weighted by Gasteiger charge is 1.86. The maximum absolute atomic E-state index is 9.78. The number of rotatable bonds is 3. The molecule has 0 aliphatic rings. The molecule has 0 fully saturated rings. The van der Waals surface area contributed by atoms with Gasteiger partial charge in [-0.15, -0.1) is 0 Å². The summed E-state index contributed by atoms with van der Waals surface area (Å²) in [6.07, 6.45) is 4.35. The van der Waals surface area contributed by atoms with Crippen LogP contribution >= 0.6 is 0 Å². The lowest BCUT2D eigenvalue weighted by molar-refractivity contribution is -0.109. The van der Waals surface area contributed by atoms with E-state index in [-0.39, 0.29) is 0 Å². The van der Waals surface area contributed by atoms with E-state index in [4.69, 9.17) is 0 Å². The molecule has 1 heterocycles. The Bertz CT molecular complexity index is 169. The second kappa shape index (κ2) is 2.91. The highest BCUT2D eigenvalue weighted by atomic mass is 16.1. The molecular weight excluding hydrogens is 116 g/mol. The number of hydrogen-bond acceptors (Lipinski definition) is 1. The summed E-state index contributed by atoms with van der Waals surface area (Å²) in [4.78, 5) is 12.7. The number of hydrogen-bond donors (Lipinski definition) is 2. The van der Waals surface area contributed by atoms with Crippen molar-refractivity contribution >= 4 is 6.41 Å². The Morgan fingerprint density at radius 2 is 2.67 bits per heavy atom. The molecule has 0 aliphatic heterocycles. The molecule has 3 heteroatoms. The number of carbonyl (C=O) groups is 1. The van der Waals surface area contributed by atoms with E-state index in [0.29, 0.717) is 13.0 Å². The molecule has 9 heavy (non-hydrogen) atoms. The SMILES string of the molecule is O=CNCc1cc[nH]c1. The van der Waals surface area contributed by atoms with E-state index in [1.165, 1.54) is 0 Å². The van der Waals surface area contributed by atoms with Crippen LogP contribution in [0, 0.1) is 0 Å². The summed E-state index contributed by atoms with van der Waals surface area (Å²) in [6, 6.07) is 1.91. The first-order valence-corrected chi connectivity index (χ1v) is 2.72. The molecule has 0 radical (unpaired) electrons. The van der Waals surface area contributed by atoms with Crippen molar-refractivity contribution in [3.05, 3.63) is 24.0 Å². The van der Waals surface area contributed by atoms with E-state index in [1.54, 1.807) is 0 Å². The fourth-order valence-corrected chi connectivity index (χ4v) is 0.628. The molecule has 0 saturated carbocycles. The molecule has 1 amide bonds. The number of amides is 1. The summed E-state index contributed by atoms with van der Waals surface area (Å²) in [6.45, 7) is 0.604. The molecule has 2 N–H and O–H groups in total. The Labute approximate surface area is 53.1 Å². The quantitative estimate of drug-likeness (QED) is 0.558. The normalized spacial score (nSPS) is 8.89. The van der Waals surface area contributed by atoms with Crippen LogP contribution in [-0.2, 0) is 11.3 Å². The van der Waals surface area contributed by atoms with E-state index in [0.717, 1.165) is 5.56 Å². The van der Waals surface area contributed by atoms with Crippen LogP contribution in [0.5, 0.6) is 0 Å². The van der Waals surface area contributed by atoms with E-state index in [9.17, 15) is 4.79 Å². The molecule has 0 bridgehead atoms. The van der Waals surface area contributed by atoms with Crippen molar-refractivity contribution in [3.63, 3.8) is 0 Å². The average molecular weight is 124 g/mol. The zero-order valence-corrected chi connectivity index (χ0v) is 4.92. The van der Waals surface area contributed by atoms with Crippen LogP contribution in [0.25, 0.3) is 0 Å². The van der Waals surface area contributed by atoms with Crippen molar-refractivity contribution in [1.82, 2.24) is 10.3 Å². The van der Waals surface area contributed by atoms with Gasteiger partial charge in [0.2, 0.25) is 6.41 Å². The molecule has 1 aromatic rings. The number of H-pyrrole nitrogens is 1. The molecule has 48 valence electrons. The zero-order chi connectivity index (χ0) is 6.53. The maximum Gasteiger partial charge on any atom is 0.207 e. The maximum atomic E-state index is 9.78. The van der Waals surface area contributed by atoms with Crippen molar-refractivity contribution in [2.24, 2.45) is 0 Å². The van der Waals surface area contributed by atoms with Gasteiger partial charge in [-0.1, -0.05) is 0 Å². The second-order valence-electron chi connectivity index (χ2n) is 1.72. The summed E-state index contributed by atoms with van der Waals surface area (Å²) in [5.74, 6) is 0. The first-order valence-electron chi connectivity index (χ1n) is 2.72. The molecule has 0 aliphatic carbocycles. The first-order chi connectivity index (χ1) is 4.43. The highest BCUT2D eigenvalue weighted by Crippen LogP contribution is 1.93. The largest absolute Gasteiger partial charge is 0.367 e. The summed E-state index contributed by atoms with van der Waals surface area (Å²) in [5.41, 5.74) is 1.09. The minimum absolute atomic E-state index is 0.604. The van der Waals surface area contributed by atoms with E-state index >= 15 is 0 Å². The third kappa shape index (κ3) is 1.60. The van der Waals surface area contributed by atoms with Crippen molar-refractivity contribution < 1.29 is 4.79 Å². The lowest BCUT2D eigenvalue weighted by Gasteiger charge is -1.90. The van der Waals surface area contributed by atoms with Crippen LogP contribution in [0.4, 0.5) is 0 Å². The average Bonchev–Trinajstić information content (AvgIpc) is 2.34. The van der Waals surface area contributed by atoms with Gasteiger partial charge in [-0.3, -0.25) is 4.79 Å². The van der Waals surface area contributed by atoms with Crippen LogP contribution in [0.2, 0.25) is 0 Å². The van der Waals surface area contributed by atoms with E-state index in [1.807, 2.05) is 18.5 Å². The second-order valence-corrected chi connectivity index (χ2v) is 1.72. The number of nitrogens with one attached hydrogen (secondary N) is 2. The standard InChI is InChI=1S/C6H8N2O/c9-5-8-4-6-1-2-7-3-6/h1-3,5,7H,4H2,(H,8,9). The molecule has 0 unspecified atom stereocenters. The van der Waals surface area contributed by atoms with Gasteiger partial charge >= 0.3 is 0 Å². The summed E-state index contributed by atoms with van der Waals surface area (Å²) in [7, 11) is 0. The van der Waals surface area contributed by atoms with Gasteiger partial charge in [0.15, 0.2) is 0 Å². The van der Waals surface area contributed by atoms with Gasteiger partial charge < -0.3 is 10.3 Å². The van der Waals surface area contributed by atoms with Crippen LogP contribution in [0.3, 0.4) is 0 Å². The smallest absolute Gasteiger partial charge is 0.207 e. The van der Waals surface area contributed by atoms with E-state index < -0.39 is 0 Å². The minimum atomic E-state index is 0.604. The monoisotopic (exact) mass is 124 g/mol. The van der Waals surface area contributed by atoms with Gasteiger partial charge in [0.05, 0.1) is 0 Å². The van der Waals surface area contributed by atoms with Crippen molar-refractivity contribution in [3.8, 4) is 0 Å². The minimum Gasteiger partial charge on any atom is -0.367 e. The Balaban J connectivity index is 2.38. The summed E-state index contributed by atoms with van der Waals surface area (Å²) < 4.78 is 0. The molecule has 1 rings (SSSR count). The molecule has 0 atom stereocenters. The third-order valence-electron chi connectivity index (χ3n) is 1.05.